The van der Waals surface area contributed by atoms with Gasteiger partial charge in [-0.3, -0.25) is 9.89 Å². The number of nitrogens with one attached hydrogen (secondary N) is 3. The van der Waals surface area contributed by atoms with Crippen LogP contribution in [0.3, 0.4) is 0 Å². The van der Waals surface area contributed by atoms with Crippen molar-refractivity contribution in [3.63, 3.8) is 0 Å². The zero-order chi connectivity index (χ0) is 21.0. The van der Waals surface area contributed by atoms with E-state index >= 15 is 0 Å². The molecule has 1 aromatic heterocycles. The third kappa shape index (κ3) is 4.50. The number of benzene rings is 1. The Morgan fingerprint density at radius 3 is 2.76 bits per heavy atom. The second-order valence-corrected chi connectivity index (χ2v) is 6.74. The lowest BCUT2D eigenvalue weighted by Gasteiger charge is -2.16. The molecule has 1 aromatic carbocycles. The maximum Gasteiger partial charge on any atom is 0.228 e. The van der Waals surface area contributed by atoms with E-state index in [1.165, 1.54) is 7.11 Å². The molecule has 9 nitrogen and oxygen atoms in total. The summed E-state index contributed by atoms with van der Waals surface area (Å²) >= 11 is 0. The number of rotatable bonds is 7. The van der Waals surface area contributed by atoms with Gasteiger partial charge in [0.05, 0.1) is 24.7 Å². The fourth-order valence-electron chi connectivity index (χ4n) is 2.82. The van der Waals surface area contributed by atoms with Crippen molar-refractivity contribution >= 4 is 11.6 Å². The number of methoxy groups -OCH3 is 1. The number of carbonyl (C=O) groups is 1. The van der Waals surface area contributed by atoms with E-state index in [0.29, 0.717) is 39.7 Å². The van der Waals surface area contributed by atoms with Crippen molar-refractivity contribution in [1.82, 2.24) is 15.5 Å². The number of H-pyrrole nitrogens is 1. The van der Waals surface area contributed by atoms with Crippen molar-refractivity contribution in [3.8, 4) is 22.9 Å². The Hall–Kier alpha value is -3.93. The topological polar surface area (TPSA) is 155 Å². The monoisotopic (exact) mass is 393 g/mol. The molecule has 0 aliphatic heterocycles. The van der Waals surface area contributed by atoms with Gasteiger partial charge in [-0.05, 0) is 25.8 Å². The second-order valence-electron chi connectivity index (χ2n) is 6.74. The van der Waals surface area contributed by atoms with Gasteiger partial charge in [0.1, 0.15) is 23.3 Å². The molecule has 0 unspecified atom stereocenters. The van der Waals surface area contributed by atoms with Gasteiger partial charge in [0.15, 0.2) is 0 Å². The fourth-order valence-corrected chi connectivity index (χ4v) is 2.82. The van der Waals surface area contributed by atoms with Crippen LogP contribution < -0.4 is 26.8 Å². The first-order valence-corrected chi connectivity index (χ1v) is 9.06. The van der Waals surface area contributed by atoms with Gasteiger partial charge >= 0.3 is 0 Å². The van der Waals surface area contributed by atoms with E-state index in [9.17, 15) is 10.1 Å². The number of allylic oxidation sites excluding steroid dienone is 2. The number of nitrogens with zero attached hydrogens (tertiary/aromatic N) is 2. The number of amides is 1. The van der Waals surface area contributed by atoms with Crippen molar-refractivity contribution in [3.05, 3.63) is 53.4 Å². The second kappa shape index (κ2) is 8.39. The van der Waals surface area contributed by atoms with Crippen LogP contribution >= 0.6 is 0 Å². The minimum Gasteiger partial charge on any atom is -0.494 e. The summed E-state index contributed by atoms with van der Waals surface area (Å²) in [5, 5.41) is 21.7. The van der Waals surface area contributed by atoms with Gasteiger partial charge < -0.3 is 26.8 Å². The highest BCUT2D eigenvalue weighted by atomic mass is 16.5. The Morgan fingerprint density at radius 1 is 1.38 bits per heavy atom. The average Bonchev–Trinajstić information content (AvgIpc) is 3.44. The Morgan fingerprint density at radius 2 is 2.14 bits per heavy atom. The molecule has 7 N–H and O–H groups in total. The lowest BCUT2D eigenvalue weighted by molar-refractivity contribution is -0.121. The van der Waals surface area contributed by atoms with Crippen LogP contribution in [-0.2, 0) is 4.79 Å². The van der Waals surface area contributed by atoms with E-state index in [0.717, 1.165) is 12.8 Å². The van der Waals surface area contributed by atoms with Gasteiger partial charge in [0, 0.05) is 28.8 Å². The minimum absolute atomic E-state index is 0.0439. The third-order valence-electron chi connectivity index (χ3n) is 4.47. The molecule has 1 saturated carbocycles. The first kappa shape index (κ1) is 19.8. The predicted octanol–water partition coefficient (Wildman–Crippen LogP) is 1.89. The quantitative estimate of drug-likeness (QED) is 0.450. The maximum atomic E-state index is 11.9. The Labute approximate surface area is 168 Å². The standard InChI is InChI=1S/C20H23N7O2/c1-11(22)16(8-18(23)26-20(28)12-6-7-12)25-15-5-3-4-13(19(15)29-2)14-10-24-27-17(14)9-21/h3-5,8,10,12,25H,6-7,22-23H2,1-2H3,(H,24,27)(H,26,28)/b16-11+,18-8+. The smallest absolute Gasteiger partial charge is 0.228 e. The van der Waals surface area contributed by atoms with Crippen LogP contribution in [0.5, 0.6) is 5.75 Å². The Balaban J connectivity index is 1.91. The van der Waals surface area contributed by atoms with E-state index in [-0.39, 0.29) is 17.6 Å². The van der Waals surface area contributed by atoms with Crippen molar-refractivity contribution in [1.29, 1.82) is 5.26 Å². The van der Waals surface area contributed by atoms with Gasteiger partial charge in [-0.15, -0.1) is 0 Å². The number of nitriles is 1. The van der Waals surface area contributed by atoms with Gasteiger partial charge in [0.25, 0.3) is 0 Å². The summed E-state index contributed by atoms with van der Waals surface area (Å²) in [5.74, 6) is 0.669. The molecule has 0 bridgehead atoms. The molecule has 29 heavy (non-hydrogen) atoms. The summed E-state index contributed by atoms with van der Waals surface area (Å²) in [4.78, 5) is 11.9. The number of anilines is 1. The van der Waals surface area contributed by atoms with E-state index in [1.54, 1.807) is 19.2 Å². The molecule has 1 heterocycles. The average molecular weight is 393 g/mol. The van der Waals surface area contributed by atoms with Crippen molar-refractivity contribution in [2.24, 2.45) is 17.4 Å². The van der Waals surface area contributed by atoms with Crippen LogP contribution in [0.4, 0.5) is 5.69 Å². The molecule has 0 atom stereocenters. The summed E-state index contributed by atoms with van der Waals surface area (Å²) in [6.45, 7) is 1.72. The summed E-state index contributed by atoms with van der Waals surface area (Å²) in [7, 11) is 1.54. The highest BCUT2D eigenvalue weighted by Gasteiger charge is 2.29. The molecule has 1 aliphatic rings. The molecule has 1 amide bonds. The van der Waals surface area contributed by atoms with Crippen LogP contribution in [-0.4, -0.2) is 23.2 Å². The van der Waals surface area contributed by atoms with Gasteiger partial charge in [-0.25, -0.2) is 0 Å². The van der Waals surface area contributed by atoms with Crippen molar-refractivity contribution in [2.45, 2.75) is 19.8 Å². The number of hydrogen-bond acceptors (Lipinski definition) is 7. The van der Waals surface area contributed by atoms with Crippen LogP contribution in [0.2, 0.25) is 0 Å². The number of aromatic amines is 1. The summed E-state index contributed by atoms with van der Waals surface area (Å²) in [6, 6.07) is 7.53. The summed E-state index contributed by atoms with van der Waals surface area (Å²) in [6.07, 6.45) is 4.91. The molecule has 0 radical (unpaired) electrons. The van der Waals surface area contributed by atoms with Gasteiger partial charge in [-0.1, -0.05) is 12.1 Å². The van der Waals surface area contributed by atoms with Crippen molar-refractivity contribution < 1.29 is 9.53 Å². The molecular weight excluding hydrogens is 370 g/mol. The number of aromatic nitrogens is 2. The molecule has 3 rings (SSSR count). The minimum atomic E-state index is -0.0867. The van der Waals surface area contributed by atoms with E-state index < -0.39 is 0 Å². The van der Waals surface area contributed by atoms with E-state index in [2.05, 4.69) is 26.9 Å². The van der Waals surface area contributed by atoms with Crippen LogP contribution in [0.25, 0.3) is 11.1 Å². The molecule has 2 aromatic rings. The highest BCUT2D eigenvalue weighted by molar-refractivity contribution is 5.83. The molecule has 1 fully saturated rings. The lowest BCUT2D eigenvalue weighted by Crippen LogP contribution is -2.29. The zero-order valence-corrected chi connectivity index (χ0v) is 16.2. The molecular formula is C20H23N7O2. The normalized spacial score (nSPS) is 14.6. The van der Waals surface area contributed by atoms with Crippen LogP contribution in [0.1, 0.15) is 25.5 Å². The fraction of sp³-hybridized carbons (Fsp3) is 0.250. The first-order chi connectivity index (χ1) is 13.9. The lowest BCUT2D eigenvalue weighted by atomic mass is 10.0. The van der Waals surface area contributed by atoms with E-state index in [1.807, 2.05) is 18.2 Å². The SMILES string of the molecule is COc1c(NC(/C=C(\N)NC(=O)C2CC2)=C(\C)N)cccc1-c1cn[nH]c1C#N. The molecule has 9 heteroatoms. The predicted molar refractivity (Wildman–Crippen MR) is 109 cm³/mol. The summed E-state index contributed by atoms with van der Waals surface area (Å²) < 4.78 is 5.59. The Kier molecular flexibility index (Phi) is 5.74. The number of nitrogens with two attached hydrogens (primary N) is 2. The highest BCUT2D eigenvalue weighted by Crippen LogP contribution is 2.38. The zero-order valence-electron chi connectivity index (χ0n) is 16.2. The van der Waals surface area contributed by atoms with Gasteiger partial charge in [-0.2, -0.15) is 10.4 Å². The number of hydrogen-bond donors (Lipinski definition) is 5. The summed E-state index contributed by atoms with van der Waals surface area (Å²) in [5.41, 5.74) is 15.2. The third-order valence-corrected chi connectivity index (χ3v) is 4.47. The van der Waals surface area contributed by atoms with Gasteiger partial charge in [0.2, 0.25) is 5.91 Å². The molecule has 0 saturated heterocycles. The van der Waals surface area contributed by atoms with E-state index in [4.69, 9.17) is 16.2 Å². The molecule has 1 aliphatic carbocycles. The van der Waals surface area contributed by atoms with Crippen LogP contribution in [0, 0.1) is 17.2 Å². The number of ether oxygens (including phenoxy) is 1. The Bertz CT molecular complexity index is 1020. The largest absolute Gasteiger partial charge is 0.494 e. The first-order valence-electron chi connectivity index (χ1n) is 9.06. The number of para-hydroxylation sites is 1. The number of carbonyl (C=O) groups excluding carboxylic acids is 1. The molecule has 0 spiro atoms. The van der Waals surface area contributed by atoms with Crippen LogP contribution in [0.15, 0.2) is 47.7 Å². The maximum absolute atomic E-state index is 11.9. The van der Waals surface area contributed by atoms with Crippen molar-refractivity contribution in [2.75, 3.05) is 12.4 Å². The molecule has 150 valence electrons.